The minimum atomic E-state index is -1.33. The quantitative estimate of drug-likeness (QED) is 0.508. The molecule has 0 aromatic rings. The summed E-state index contributed by atoms with van der Waals surface area (Å²) in [6, 6.07) is -1.14. The molecule has 13 heavy (non-hydrogen) atoms. The fourth-order valence-electron chi connectivity index (χ4n) is 0.974. The molecule has 1 aliphatic heterocycles. The molecule has 0 amide bonds. The summed E-state index contributed by atoms with van der Waals surface area (Å²) in [7, 11) is 0. The molecule has 3 N–H and O–H groups in total. The highest BCUT2D eigenvalue weighted by Gasteiger charge is 2.27. The van der Waals surface area contributed by atoms with Crippen molar-refractivity contribution in [1.29, 1.82) is 0 Å². The predicted octanol–water partition coefficient (Wildman–Crippen LogP) is -1.03. The Balaban J connectivity index is 2.85. The maximum atomic E-state index is 10.8. The van der Waals surface area contributed by atoms with Crippen LogP contribution in [-0.4, -0.2) is 34.0 Å². The highest BCUT2D eigenvalue weighted by Crippen LogP contribution is 2.07. The van der Waals surface area contributed by atoms with Gasteiger partial charge in [0, 0.05) is 12.5 Å². The summed E-state index contributed by atoms with van der Waals surface area (Å²) < 4.78 is 0. The molecule has 0 fully saturated rings. The highest BCUT2D eigenvalue weighted by atomic mass is 16.4. The van der Waals surface area contributed by atoms with E-state index in [2.05, 4.69) is 5.32 Å². The van der Waals surface area contributed by atoms with Crippen LogP contribution in [0.2, 0.25) is 0 Å². The number of aliphatic carboxylic acids is 2. The summed E-state index contributed by atoms with van der Waals surface area (Å²) in [5.74, 6) is -3.07. The van der Waals surface area contributed by atoms with Gasteiger partial charge in [0.05, 0.1) is 0 Å². The zero-order valence-corrected chi connectivity index (χ0v) is 6.48. The van der Waals surface area contributed by atoms with Crippen LogP contribution in [0.4, 0.5) is 0 Å². The lowest BCUT2D eigenvalue weighted by atomic mass is 10.1. The fourth-order valence-corrected chi connectivity index (χ4v) is 0.974. The van der Waals surface area contributed by atoms with E-state index in [0.717, 1.165) is 6.08 Å². The Labute approximate surface area is 72.9 Å². The maximum Gasteiger partial charge on any atom is 0.352 e. The summed E-state index contributed by atoms with van der Waals surface area (Å²) in [5, 5.41) is 19.2. The van der Waals surface area contributed by atoms with E-state index in [-0.39, 0.29) is 12.1 Å². The first-order valence-corrected chi connectivity index (χ1v) is 3.48. The van der Waals surface area contributed by atoms with Crippen LogP contribution in [-0.2, 0) is 14.4 Å². The molecule has 0 spiro atoms. The van der Waals surface area contributed by atoms with Gasteiger partial charge in [-0.3, -0.25) is 4.79 Å². The van der Waals surface area contributed by atoms with Crippen LogP contribution in [0, 0.1) is 0 Å². The number of hydrogen-bond acceptors (Lipinski definition) is 4. The molecule has 1 atom stereocenters. The molecule has 0 aliphatic carbocycles. The lowest BCUT2D eigenvalue weighted by Gasteiger charge is -2.18. The van der Waals surface area contributed by atoms with Gasteiger partial charge < -0.3 is 15.5 Å². The first kappa shape index (κ1) is 9.24. The summed E-state index contributed by atoms with van der Waals surface area (Å²) in [4.78, 5) is 31.7. The van der Waals surface area contributed by atoms with Crippen molar-refractivity contribution in [2.75, 3.05) is 0 Å². The average molecular weight is 185 g/mol. The SMILES string of the molecule is O=C1C=C(C(=O)O)N[C@H](C(=O)O)C1. The molecule has 1 rings (SSSR count). The van der Waals surface area contributed by atoms with E-state index in [1.807, 2.05) is 0 Å². The monoisotopic (exact) mass is 185 g/mol. The standard InChI is InChI=1S/C7H7NO5/c9-3-1-4(6(10)11)8-5(2-3)7(12)13/h1,5,8H,2H2,(H,10,11)(H,12,13)/t5-/m0/s1. The van der Waals surface area contributed by atoms with Crippen LogP contribution in [0.25, 0.3) is 0 Å². The normalized spacial score (nSPS) is 21.7. The van der Waals surface area contributed by atoms with Crippen LogP contribution < -0.4 is 5.32 Å². The lowest BCUT2D eigenvalue weighted by molar-refractivity contribution is -0.141. The van der Waals surface area contributed by atoms with Gasteiger partial charge in [0.25, 0.3) is 0 Å². The van der Waals surface area contributed by atoms with E-state index in [9.17, 15) is 14.4 Å². The van der Waals surface area contributed by atoms with Gasteiger partial charge in [0.2, 0.25) is 0 Å². The van der Waals surface area contributed by atoms with E-state index in [1.165, 1.54) is 0 Å². The first-order valence-electron chi connectivity index (χ1n) is 3.48. The number of carbonyl (C=O) groups is 3. The second-order valence-corrected chi connectivity index (χ2v) is 2.57. The zero-order valence-electron chi connectivity index (χ0n) is 6.48. The number of hydrogen-bond donors (Lipinski definition) is 3. The molecule has 0 saturated heterocycles. The van der Waals surface area contributed by atoms with E-state index in [4.69, 9.17) is 10.2 Å². The summed E-state index contributed by atoms with van der Waals surface area (Å²) in [5.41, 5.74) is -0.372. The number of carbonyl (C=O) groups excluding carboxylic acids is 1. The van der Waals surface area contributed by atoms with E-state index in [1.54, 1.807) is 0 Å². The molecule has 0 aromatic heterocycles. The number of carboxylic acid groups (broad SMARTS) is 2. The first-order chi connectivity index (χ1) is 6.00. The molecule has 0 unspecified atom stereocenters. The molecule has 1 heterocycles. The van der Waals surface area contributed by atoms with E-state index >= 15 is 0 Å². The van der Waals surface area contributed by atoms with Gasteiger partial charge in [-0.15, -0.1) is 0 Å². The minimum absolute atomic E-state index is 0.216. The van der Waals surface area contributed by atoms with Crippen LogP contribution in [0.1, 0.15) is 6.42 Å². The third-order valence-corrected chi connectivity index (χ3v) is 1.57. The summed E-state index contributed by atoms with van der Waals surface area (Å²) in [6.07, 6.45) is 0.674. The maximum absolute atomic E-state index is 10.8. The van der Waals surface area contributed by atoms with Crippen molar-refractivity contribution in [2.24, 2.45) is 0 Å². The van der Waals surface area contributed by atoms with Crippen LogP contribution in [0.5, 0.6) is 0 Å². The molecule has 0 aromatic carbocycles. The molecule has 6 heteroatoms. The smallest absolute Gasteiger partial charge is 0.352 e. The Morgan fingerprint density at radius 1 is 1.46 bits per heavy atom. The van der Waals surface area contributed by atoms with Crippen LogP contribution >= 0.6 is 0 Å². The summed E-state index contributed by atoms with van der Waals surface area (Å²) in [6.45, 7) is 0. The molecular weight excluding hydrogens is 178 g/mol. The third-order valence-electron chi connectivity index (χ3n) is 1.57. The topological polar surface area (TPSA) is 104 Å². The Hall–Kier alpha value is -1.85. The van der Waals surface area contributed by atoms with Gasteiger partial charge >= 0.3 is 11.9 Å². The number of ketones is 1. The Bertz CT molecular complexity index is 306. The number of allylic oxidation sites excluding steroid dienone is 1. The second-order valence-electron chi connectivity index (χ2n) is 2.57. The van der Waals surface area contributed by atoms with Gasteiger partial charge in [-0.1, -0.05) is 0 Å². The van der Waals surface area contributed by atoms with E-state index in [0.29, 0.717) is 0 Å². The van der Waals surface area contributed by atoms with E-state index < -0.39 is 23.8 Å². The predicted molar refractivity (Wildman–Crippen MR) is 39.9 cm³/mol. The zero-order chi connectivity index (χ0) is 10.0. The van der Waals surface area contributed by atoms with Crippen molar-refractivity contribution < 1.29 is 24.6 Å². The molecule has 6 nitrogen and oxygen atoms in total. The van der Waals surface area contributed by atoms with Gasteiger partial charge in [-0.25, -0.2) is 9.59 Å². The van der Waals surface area contributed by atoms with Gasteiger partial charge in [0.1, 0.15) is 11.7 Å². The van der Waals surface area contributed by atoms with Crippen molar-refractivity contribution in [2.45, 2.75) is 12.5 Å². The van der Waals surface area contributed by atoms with Gasteiger partial charge in [-0.2, -0.15) is 0 Å². The molecule has 70 valence electrons. The molecule has 0 bridgehead atoms. The Morgan fingerprint density at radius 3 is 2.54 bits per heavy atom. The van der Waals surface area contributed by atoms with Crippen molar-refractivity contribution >= 4 is 17.7 Å². The fraction of sp³-hybridized carbons (Fsp3) is 0.286. The van der Waals surface area contributed by atoms with Crippen molar-refractivity contribution in [3.8, 4) is 0 Å². The molecule has 0 radical (unpaired) electrons. The van der Waals surface area contributed by atoms with Crippen molar-refractivity contribution in [3.63, 3.8) is 0 Å². The lowest BCUT2D eigenvalue weighted by Crippen LogP contribution is -2.42. The third kappa shape index (κ3) is 2.05. The molecule has 0 saturated carbocycles. The second kappa shape index (κ2) is 3.26. The molecular formula is C7H7NO5. The Morgan fingerprint density at radius 2 is 2.08 bits per heavy atom. The molecule has 1 aliphatic rings. The Kier molecular flexibility index (Phi) is 2.32. The number of rotatable bonds is 2. The largest absolute Gasteiger partial charge is 0.480 e. The van der Waals surface area contributed by atoms with Crippen molar-refractivity contribution in [3.05, 3.63) is 11.8 Å². The van der Waals surface area contributed by atoms with Crippen LogP contribution in [0.3, 0.4) is 0 Å². The van der Waals surface area contributed by atoms with Gasteiger partial charge in [0.15, 0.2) is 5.78 Å². The highest BCUT2D eigenvalue weighted by molar-refractivity contribution is 6.02. The van der Waals surface area contributed by atoms with Gasteiger partial charge in [-0.05, 0) is 0 Å². The average Bonchev–Trinajstić information content (AvgIpc) is 2.03. The number of carboxylic acids is 2. The van der Waals surface area contributed by atoms with Crippen LogP contribution in [0.15, 0.2) is 11.8 Å². The van der Waals surface area contributed by atoms with Crippen molar-refractivity contribution in [1.82, 2.24) is 5.32 Å². The summed E-state index contributed by atoms with van der Waals surface area (Å²) >= 11 is 0. The minimum Gasteiger partial charge on any atom is -0.480 e. The number of nitrogens with one attached hydrogen (secondary N) is 1.